The van der Waals surface area contributed by atoms with Crippen LogP contribution in [0.2, 0.25) is 0 Å². The van der Waals surface area contributed by atoms with Crippen LogP contribution in [-0.2, 0) is 20.8 Å². The minimum atomic E-state index is -0.474. The summed E-state index contributed by atoms with van der Waals surface area (Å²) in [7, 11) is 0. The number of hydrogen-bond donors (Lipinski definition) is 1. The van der Waals surface area contributed by atoms with Gasteiger partial charge >= 0.3 is 12.2 Å². The fourth-order valence-electron chi connectivity index (χ4n) is 9.36. The van der Waals surface area contributed by atoms with E-state index in [4.69, 9.17) is 23.7 Å². The topological polar surface area (TPSA) is 139 Å². The maximum atomic E-state index is 12.6. The van der Waals surface area contributed by atoms with Crippen LogP contribution >= 0.6 is 0 Å². The number of pyridine rings is 2. The van der Waals surface area contributed by atoms with Crippen LogP contribution in [0.3, 0.4) is 0 Å². The Bertz CT molecular complexity index is 1930. The molecule has 14 nitrogen and oxygen atoms in total. The van der Waals surface area contributed by atoms with Gasteiger partial charge in [-0.15, -0.1) is 0 Å². The number of rotatable bonds is 9. The highest BCUT2D eigenvalue weighted by molar-refractivity contribution is 5.70. The lowest BCUT2D eigenvalue weighted by Crippen LogP contribution is -2.56. The first-order chi connectivity index (χ1) is 29.1. The van der Waals surface area contributed by atoms with Gasteiger partial charge in [-0.25, -0.2) is 19.6 Å². The Hall–Kier alpha value is -4.82. The molecule has 9 rings (SSSR count). The summed E-state index contributed by atoms with van der Waals surface area (Å²) < 4.78 is 29.2. The SMILES string of the molecule is CC(C)(C)OC(=O)N1CC2CCC(C1)N2c1ccnc(OC2CC(O)C2)c1.CC(C)(C)OC(=O)N1CC2CCC(C1)N2c1ccnc(OC2CC(OCc3ccccc3)C2)c1. The second-order valence-corrected chi connectivity index (χ2v) is 19.6. The summed E-state index contributed by atoms with van der Waals surface area (Å²) in [5.74, 6) is 1.27. The minimum Gasteiger partial charge on any atom is -0.474 e. The van der Waals surface area contributed by atoms with Crippen LogP contribution in [0.5, 0.6) is 11.8 Å². The van der Waals surface area contributed by atoms with Gasteiger partial charge in [0.1, 0.15) is 23.4 Å². The number of amides is 2. The van der Waals surface area contributed by atoms with E-state index in [0.29, 0.717) is 69.5 Å². The smallest absolute Gasteiger partial charge is 0.410 e. The molecule has 330 valence electrons. The summed E-state index contributed by atoms with van der Waals surface area (Å²) >= 11 is 0. The van der Waals surface area contributed by atoms with Crippen molar-refractivity contribution in [1.29, 1.82) is 0 Å². The first-order valence-corrected chi connectivity index (χ1v) is 22.2. The Kier molecular flexibility index (Phi) is 12.6. The predicted molar refractivity (Wildman–Crippen MR) is 231 cm³/mol. The molecule has 6 heterocycles. The van der Waals surface area contributed by atoms with Gasteiger partial charge in [0, 0.05) is 112 Å². The van der Waals surface area contributed by atoms with Gasteiger partial charge in [0.05, 0.1) is 18.8 Å². The molecular weight excluding hydrogens is 777 g/mol. The van der Waals surface area contributed by atoms with Gasteiger partial charge in [0.15, 0.2) is 0 Å². The fourth-order valence-corrected chi connectivity index (χ4v) is 9.36. The maximum absolute atomic E-state index is 12.6. The number of carbonyl (C=O) groups is 2. The molecule has 4 atom stereocenters. The second-order valence-electron chi connectivity index (χ2n) is 19.6. The number of aliphatic hydroxyl groups excluding tert-OH is 1. The molecule has 61 heavy (non-hydrogen) atoms. The van der Waals surface area contributed by atoms with E-state index in [0.717, 1.165) is 49.9 Å². The van der Waals surface area contributed by atoms with Gasteiger partial charge in [0.2, 0.25) is 11.8 Å². The fraction of sp³-hybridized carbons (Fsp3) is 0.617. The lowest BCUT2D eigenvalue weighted by Gasteiger charge is -2.42. The molecule has 2 saturated carbocycles. The normalized spacial score (nSPS) is 27.9. The average molecular weight is 841 g/mol. The lowest BCUT2D eigenvalue weighted by molar-refractivity contribution is -0.0695. The number of carbonyl (C=O) groups excluding carboxylic acids is 2. The van der Waals surface area contributed by atoms with Crippen LogP contribution in [-0.4, -0.2) is 123 Å². The number of hydrogen-bond acceptors (Lipinski definition) is 12. The van der Waals surface area contributed by atoms with Gasteiger partial charge in [-0.3, -0.25) is 0 Å². The van der Waals surface area contributed by atoms with Crippen LogP contribution in [0.15, 0.2) is 67.0 Å². The summed E-state index contributed by atoms with van der Waals surface area (Å²) in [6.07, 6.45) is 10.8. The highest BCUT2D eigenvalue weighted by Gasteiger charge is 2.44. The quantitative estimate of drug-likeness (QED) is 0.230. The summed E-state index contributed by atoms with van der Waals surface area (Å²) in [4.78, 5) is 42.4. The first kappa shape index (κ1) is 42.9. The molecule has 3 aromatic rings. The molecule has 6 fully saturated rings. The summed E-state index contributed by atoms with van der Waals surface area (Å²) in [6, 6.07) is 19.5. The number of nitrogens with zero attached hydrogens (tertiary/aromatic N) is 6. The molecule has 4 bridgehead atoms. The zero-order chi connectivity index (χ0) is 42.9. The molecule has 4 saturated heterocycles. The Morgan fingerprint density at radius 3 is 1.46 bits per heavy atom. The number of anilines is 2. The highest BCUT2D eigenvalue weighted by atomic mass is 16.6. The predicted octanol–water partition coefficient (Wildman–Crippen LogP) is 7.37. The summed E-state index contributed by atoms with van der Waals surface area (Å²) in [5, 5.41) is 9.42. The lowest BCUT2D eigenvalue weighted by atomic mass is 9.92. The largest absolute Gasteiger partial charge is 0.474 e. The number of aromatic nitrogens is 2. The standard InChI is InChI=1S/C27H35N3O4.C20H29N3O4/c1-27(2,3)34-26(31)29-16-21-9-10-22(17-29)30(21)20-11-12-28-25(13-20)33-24-14-23(15-24)32-18-19-7-5-4-6-8-19;1-20(2,3)27-19(25)22-11-14-4-5-15(12-22)23(14)13-6-7-21-18(8-13)26-17-9-16(24)10-17/h4-8,11-13,21-24H,9-10,14-18H2,1-3H3;6-8,14-17,24H,4-5,9-12H2,1-3H3. The van der Waals surface area contributed by atoms with Crippen LogP contribution in [0.25, 0.3) is 0 Å². The summed E-state index contributed by atoms with van der Waals surface area (Å²) in [5.41, 5.74) is 2.47. The zero-order valence-electron chi connectivity index (χ0n) is 36.7. The molecule has 4 aliphatic heterocycles. The number of likely N-dealkylation sites (tertiary alicyclic amines) is 2. The van der Waals surface area contributed by atoms with Crippen LogP contribution in [0, 0.1) is 0 Å². The Balaban J connectivity index is 0.000000173. The van der Waals surface area contributed by atoms with E-state index in [1.165, 1.54) is 5.56 Å². The van der Waals surface area contributed by atoms with E-state index in [1.807, 2.05) is 100 Å². The van der Waals surface area contributed by atoms with Crippen molar-refractivity contribution in [2.24, 2.45) is 0 Å². The molecule has 14 heteroatoms. The van der Waals surface area contributed by atoms with E-state index in [2.05, 4.69) is 31.9 Å². The van der Waals surface area contributed by atoms with E-state index in [9.17, 15) is 14.7 Å². The Morgan fingerprint density at radius 1 is 0.623 bits per heavy atom. The first-order valence-electron chi connectivity index (χ1n) is 22.2. The molecule has 6 aliphatic rings. The minimum absolute atomic E-state index is 0.0588. The number of piperazine rings is 2. The Morgan fingerprint density at radius 2 is 1.05 bits per heavy atom. The molecule has 2 aromatic heterocycles. The molecule has 2 aliphatic carbocycles. The van der Waals surface area contributed by atoms with Gasteiger partial charge in [-0.1, -0.05) is 30.3 Å². The Labute approximate surface area is 360 Å². The third-order valence-corrected chi connectivity index (χ3v) is 12.3. The van der Waals surface area contributed by atoms with E-state index >= 15 is 0 Å². The average Bonchev–Trinajstić information content (AvgIpc) is 3.60. The summed E-state index contributed by atoms with van der Waals surface area (Å²) in [6.45, 7) is 14.8. The van der Waals surface area contributed by atoms with Crippen LogP contribution in [0.4, 0.5) is 21.0 Å². The maximum Gasteiger partial charge on any atom is 0.410 e. The van der Waals surface area contributed by atoms with E-state index in [1.54, 1.807) is 6.20 Å². The van der Waals surface area contributed by atoms with Crippen LogP contribution in [0.1, 0.15) is 98.5 Å². The molecule has 0 radical (unpaired) electrons. The van der Waals surface area contributed by atoms with Crippen molar-refractivity contribution >= 4 is 23.6 Å². The number of aliphatic hydroxyl groups is 1. The highest BCUT2D eigenvalue weighted by Crippen LogP contribution is 2.39. The molecule has 1 aromatic carbocycles. The molecule has 4 unspecified atom stereocenters. The number of benzene rings is 1. The van der Waals surface area contributed by atoms with Crippen molar-refractivity contribution in [3.63, 3.8) is 0 Å². The van der Waals surface area contributed by atoms with Crippen molar-refractivity contribution in [3.8, 4) is 11.8 Å². The third-order valence-electron chi connectivity index (χ3n) is 12.3. The third kappa shape index (κ3) is 10.8. The van der Waals surface area contributed by atoms with E-state index in [-0.39, 0.29) is 48.7 Å². The monoisotopic (exact) mass is 840 g/mol. The van der Waals surface area contributed by atoms with Crippen molar-refractivity contribution in [2.75, 3.05) is 36.0 Å². The van der Waals surface area contributed by atoms with Crippen molar-refractivity contribution in [2.45, 2.75) is 159 Å². The zero-order valence-corrected chi connectivity index (χ0v) is 36.7. The van der Waals surface area contributed by atoms with Gasteiger partial charge in [0.25, 0.3) is 0 Å². The molecule has 2 amide bonds. The van der Waals surface area contributed by atoms with E-state index < -0.39 is 11.2 Å². The number of fused-ring (bicyclic) bond motifs is 4. The van der Waals surface area contributed by atoms with Crippen LogP contribution < -0.4 is 19.3 Å². The van der Waals surface area contributed by atoms with Crippen molar-refractivity contribution in [3.05, 3.63) is 72.6 Å². The molecule has 1 N–H and O–H groups in total. The van der Waals surface area contributed by atoms with Gasteiger partial charge in [-0.2, -0.15) is 0 Å². The van der Waals surface area contributed by atoms with Crippen molar-refractivity contribution < 1.29 is 38.4 Å². The number of ether oxygens (including phenoxy) is 5. The van der Waals surface area contributed by atoms with Crippen molar-refractivity contribution in [1.82, 2.24) is 19.8 Å². The van der Waals surface area contributed by atoms with Gasteiger partial charge in [-0.05, 0) is 84.9 Å². The molecule has 0 spiro atoms. The van der Waals surface area contributed by atoms with Gasteiger partial charge < -0.3 is 48.4 Å². The second kappa shape index (κ2) is 17.9. The molecular formula is C47H64N6O8.